The van der Waals surface area contributed by atoms with Crippen LogP contribution >= 0.6 is 0 Å². The van der Waals surface area contributed by atoms with Crippen LogP contribution in [0.3, 0.4) is 0 Å². The molecule has 5 nitrogen and oxygen atoms in total. The molecule has 1 heterocycles. The van der Waals surface area contributed by atoms with Gasteiger partial charge in [0.1, 0.15) is 18.2 Å². The van der Waals surface area contributed by atoms with Gasteiger partial charge in [0.15, 0.2) is 11.6 Å². The highest BCUT2D eigenvalue weighted by Crippen LogP contribution is 2.27. The van der Waals surface area contributed by atoms with Crippen LogP contribution in [-0.4, -0.2) is 42.0 Å². The third-order valence-electron chi connectivity index (χ3n) is 3.91. The monoisotopic (exact) mass is 358 g/mol. The molecule has 0 aliphatic carbocycles. The van der Waals surface area contributed by atoms with Gasteiger partial charge in [0, 0.05) is 17.7 Å². The summed E-state index contributed by atoms with van der Waals surface area (Å²) in [6.07, 6.45) is 1.75. The van der Waals surface area contributed by atoms with Gasteiger partial charge in [-0.15, -0.1) is 0 Å². The van der Waals surface area contributed by atoms with E-state index >= 15 is 0 Å². The van der Waals surface area contributed by atoms with E-state index in [1.54, 1.807) is 17.0 Å². The van der Waals surface area contributed by atoms with Crippen LogP contribution in [0.4, 0.5) is 8.78 Å². The van der Waals surface area contributed by atoms with Gasteiger partial charge in [-0.2, -0.15) is 0 Å². The van der Waals surface area contributed by atoms with Gasteiger partial charge in [-0.1, -0.05) is 0 Å². The number of nitrogens with zero attached hydrogens (tertiary/aromatic N) is 2. The van der Waals surface area contributed by atoms with E-state index in [1.807, 2.05) is 0 Å². The SMILES string of the molecule is COc1cc(C2=CCN(CC(=O)O)C(c3ccc(F)cc3)=N2)ccc1F. The topological polar surface area (TPSA) is 62.1 Å². The molecule has 0 spiro atoms. The van der Waals surface area contributed by atoms with Gasteiger partial charge in [0.25, 0.3) is 0 Å². The lowest BCUT2D eigenvalue weighted by atomic mass is 10.1. The Kier molecular flexibility index (Phi) is 4.97. The number of ether oxygens (including phenoxy) is 1. The molecule has 0 aromatic heterocycles. The smallest absolute Gasteiger partial charge is 0.323 e. The molecule has 0 amide bonds. The van der Waals surface area contributed by atoms with Gasteiger partial charge in [0.05, 0.1) is 12.8 Å². The Morgan fingerprint density at radius 3 is 2.54 bits per heavy atom. The largest absolute Gasteiger partial charge is 0.494 e. The molecule has 2 aromatic rings. The molecule has 7 heteroatoms. The van der Waals surface area contributed by atoms with Gasteiger partial charge >= 0.3 is 5.97 Å². The highest BCUT2D eigenvalue weighted by molar-refractivity contribution is 6.04. The first-order valence-corrected chi connectivity index (χ1v) is 7.83. The molecule has 0 atom stereocenters. The third-order valence-corrected chi connectivity index (χ3v) is 3.91. The third kappa shape index (κ3) is 3.72. The zero-order valence-corrected chi connectivity index (χ0v) is 13.9. The zero-order chi connectivity index (χ0) is 18.7. The van der Waals surface area contributed by atoms with E-state index in [0.29, 0.717) is 29.2 Å². The van der Waals surface area contributed by atoms with E-state index in [9.17, 15) is 13.6 Å². The van der Waals surface area contributed by atoms with Gasteiger partial charge in [-0.3, -0.25) is 4.79 Å². The second-order valence-corrected chi connectivity index (χ2v) is 5.66. The van der Waals surface area contributed by atoms with Crippen molar-refractivity contribution in [3.05, 3.63) is 71.3 Å². The van der Waals surface area contributed by atoms with E-state index in [-0.39, 0.29) is 12.3 Å². The molecule has 0 bridgehead atoms. The zero-order valence-electron chi connectivity index (χ0n) is 13.9. The molecular weight excluding hydrogens is 342 g/mol. The molecule has 0 saturated carbocycles. The van der Waals surface area contributed by atoms with Crippen molar-refractivity contribution >= 4 is 17.5 Å². The first-order chi connectivity index (χ1) is 12.5. The van der Waals surface area contributed by atoms with Crippen molar-refractivity contribution in [2.45, 2.75) is 0 Å². The lowest BCUT2D eigenvalue weighted by Crippen LogP contribution is -2.38. The number of carboxylic acid groups (broad SMARTS) is 1. The molecule has 26 heavy (non-hydrogen) atoms. The van der Waals surface area contributed by atoms with Crippen LogP contribution in [0.2, 0.25) is 0 Å². The van der Waals surface area contributed by atoms with Gasteiger partial charge in [0.2, 0.25) is 0 Å². The van der Waals surface area contributed by atoms with E-state index in [0.717, 1.165) is 0 Å². The summed E-state index contributed by atoms with van der Waals surface area (Å²) in [5.41, 5.74) is 1.79. The first-order valence-electron chi connectivity index (χ1n) is 7.83. The number of amidine groups is 1. The number of hydrogen-bond donors (Lipinski definition) is 1. The first kappa shape index (κ1) is 17.6. The molecule has 0 fully saturated rings. The fourth-order valence-electron chi connectivity index (χ4n) is 2.66. The van der Waals surface area contributed by atoms with Crippen molar-refractivity contribution in [2.24, 2.45) is 4.99 Å². The number of carboxylic acids is 1. The number of aliphatic imine (C=N–C) groups is 1. The van der Waals surface area contributed by atoms with E-state index in [1.165, 1.54) is 43.5 Å². The Bertz CT molecular complexity index is 892. The Balaban J connectivity index is 2.01. The molecule has 1 aliphatic rings. The Morgan fingerprint density at radius 1 is 1.19 bits per heavy atom. The maximum Gasteiger partial charge on any atom is 0.323 e. The summed E-state index contributed by atoms with van der Waals surface area (Å²) in [5, 5.41) is 9.12. The lowest BCUT2D eigenvalue weighted by Gasteiger charge is -2.27. The summed E-state index contributed by atoms with van der Waals surface area (Å²) < 4.78 is 31.8. The van der Waals surface area contributed by atoms with Crippen molar-refractivity contribution in [3.8, 4) is 5.75 Å². The van der Waals surface area contributed by atoms with Crippen molar-refractivity contribution in [1.29, 1.82) is 0 Å². The normalized spacial score (nSPS) is 13.9. The van der Waals surface area contributed by atoms with Gasteiger partial charge in [-0.05, 0) is 48.5 Å². The van der Waals surface area contributed by atoms with Crippen LogP contribution in [0.25, 0.3) is 5.70 Å². The molecule has 1 aliphatic heterocycles. The maximum atomic E-state index is 13.6. The van der Waals surface area contributed by atoms with Crippen molar-refractivity contribution < 1.29 is 23.4 Å². The maximum absolute atomic E-state index is 13.6. The van der Waals surface area contributed by atoms with Crippen LogP contribution in [0.15, 0.2) is 53.5 Å². The number of hydrogen-bond acceptors (Lipinski definition) is 4. The summed E-state index contributed by atoms with van der Waals surface area (Å²) >= 11 is 0. The molecule has 134 valence electrons. The minimum absolute atomic E-state index is 0.0925. The molecule has 2 aromatic carbocycles. The van der Waals surface area contributed by atoms with Gasteiger partial charge < -0.3 is 14.7 Å². The predicted molar refractivity (Wildman–Crippen MR) is 93.1 cm³/mol. The second kappa shape index (κ2) is 7.35. The summed E-state index contributed by atoms with van der Waals surface area (Å²) in [7, 11) is 1.37. The standard InChI is InChI=1S/C19H16F2N2O3/c1-26-17-10-13(4-7-15(17)21)16-8-9-23(11-18(24)25)19(22-16)12-2-5-14(20)6-3-12/h2-8,10H,9,11H2,1H3,(H,24,25). The predicted octanol–water partition coefficient (Wildman–Crippen LogP) is 3.16. The Labute approximate surface area is 148 Å². The summed E-state index contributed by atoms with van der Waals surface area (Å²) in [4.78, 5) is 17.2. The van der Waals surface area contributed by atoms with Gasteiger partial charge in [-0.25, -0.2) is 13.8 Å². The number of halogens is 2. The fraction of sp³-hybridized carbons (Fsp3) is 0.158. The minimum atomic E-state index is -1.000. The summed E-state index contributed by atoms with van der Waals surface area (Å²) in [6.45, 7) is 0.0598. The lowest BCUT2D eigenvalue weighted by molar-refractivity contribution is -0.137. The molecule has 0 saturated heterocycles. The Morgan fingerprint density at radius 2 is 1.88 bits per heavy atom. The van der Waals surface area contributed by atoms with Crippen molar-refractivity contribution in [1.82, 2.24) is 4.90 Å². The van der Waals surface area contributed by atoms with Crippen LogP contribution in [0, 0.1) is 11.6 Å². The van der Waals surface area contributed by atoms with E-state index < -0.39 is 17.6 Å². The molecule has 3 rings (SSSR count). The van der Waals surface area contributed by atoms with Crippen LogP contribution in [0.1, 0.15) is 11.1 Å². The Hall–Kier alpha value is -3.22. The summed E-state index contributed by atoms with van der Waals surface area (Å²) in [5.74, 6) is -1.37. The number of benzene rings is 2. The summed E-state index contributed by atoms with van der Waals surface area (Å²) in [6, 6.07) is 10.0. The quantitative estimate of drug-likeness (QED) is 0.892. The number of aliphatic carboxylic acids is 1. The fourth-order valence-corrected chi connectivity index (χ4v) is 2.66. The number of methoxy groups -OCH3 is 1. The second-order valence-electron chi connectivity index (χ2n) is 5.66. The van der Waals surface area contributed by atoms with Crippen molar-refractivity contribution in [3.63, 3.8) is 0 Å². The van der Waals surface area contributed by atoms with E-state index in [2.05, 4.69) is 4.99 Å². The average Bonchev–Trinajstić information content (AvgIpc) is 2.63. The van der Waals surface area contributed by atoms with Crippen LogP contribution in [-0.2, 0) is 4.79 Å². The molecule has 0 unspecified atom stereocenters. The van der Waals surface area contributed by atoms with Crippen LogP contribution < -0.4 is 4.74 Å². The molecule has 0 radical (unpaired) electrons. The highest BCUT2D eigenvalue weighted by atomic mass is 19.1. The molecular formula is C19H16F2N2O3. The highest BCUT2D eigenvalue weighted by Gasteiger charge is 2.21. The van der Waals surface area contributed by atoms with Crippen LogP contribution in [0.5, 0.6) is 5.75 Å². The minimum Gasteiger partial charge on any atom is -0.494 e. The van der Waals surface area contributed by atoms with E-state index in [4.69, 9.17) is 9.84 Å². The molecule has 1 N–H and O–H groups in total. The number of carbonyl (C=O) groups is 1. The average molecular weight is 358 g/mol. The van der Waals surface area contributed by atoms with Crippen molar-refractivity contribution in [2.75, 3.05) is 20.2 Å². The number of rotatable bonds is 5.